The van der Waals surface area contributed by atoms with E-state index in [9.17, 15) is 14.4 Å². The maximum Gasteiger partial charge on any atom is 0.306 e. The van der Waals surface area contributed by atoms with Crippen molar-refractivity contribution >= 4 is 17.9 Å². The van der Waals surface area contributed by atoms with Crippen LogP contribution in [0.2, 0.25) is 0 Å². The van der Waals surface area contributed by atoms with Gasteiger partial charge in [-0.3, -0.25) is 14.4 Å². The molecule has 0 aromatic rings. The Kier molecular flexibility index (Phi) is 50.0. The summed E-state index contributed by atoms with van der Waals surface area (Å²) in [5.74, 6) is 1.71. The summed E-state index contributed by atoms with van der Waals surface area (Å²) in [7, 11) is 0. The van der Waals surface area contributed by atoms with Crippen molar-refractivity contribution in [3.05, 3.63) is 0 Å². The Morgan fingerprint density at radius 3 is 0.788 bits per heavy atom. The van der Waals surface area contributed by atoms with Crippen LogP contribution in [-0.2, 0) is 28.6 Å². The van der Waals surface area contributed by atoms with E-state index in [0.717, 1.165) is 75.5 Å². The van der Waals surface area contributed by atoms with Gasteiger partial charge in [-0.1, -0.05) is 292 Å². The Morgan fingerprint density at radius 2 is 0.530 bits per heavy atom. The zero-order chi connectivity index (χ0) is 48.4. The average molecular weight is 934 g/mol. The topological polar surface area (TPSA) is 78.9 Å². The predicted octanol–water partition coefficient (Wildman–Crippen LogP) is 19.5. The minimum absolute atomic E-state index is 0.0633. The smallest absolute Gasteiger partial charge is 0.306 e. The van der Waals surface area contributed by atoms with Gasteiger partial charge >= 0.3 is 17.9 Å². The molecule has 0 spiro atoms. The molecular formula is C60H116O6. The van der Waals surface area contributed by atoms with E-state index in [1.165, 1.54) is 212 Å². The van der Waals surface area contributed by atoms with Gasteiger partial charge in [0.2, 0.25) is 0 Å². The second-order valence-electron chi connectivity index (χ2n) is 21.8. The summed E-state index contributed by atoms with van der Waals surface area (Å²) < 4.78 is 16.9. The number of ether oxygens (including phenoxy) is 3. The van der Waals surface area contributed by atoms with Gasteiger partial charge in [-0.2, -0.15) is 0 Å². The van der Waals surface area contributed by atoms with Crippen LogP contribution in [0.15, 0.2) is 0 Å². The van der Waals surface area contributed by atoms with Crippen molar-refractivity contribution in [1.82, 2.24) is 0 Å². The SMILES string of the molecule is CCC(C)CCCCCCCCCCCCC(=O)OC[C@@H](COC(=O)CCCCCCCCCCCCCCCCCC(C)C)OC(=O)CCCCCCCCCCCCCCCC(C)C. The molecule has 0 amide bonds. The van der Waals surface area contributed by atoms with Crippen LogP contribution in [0.4, 0.5) is 0 Å². The molecule has 1 unspecified atom stereocenters. The molecule has 0 bridgehead atoms. The third-order valence-corrected chi connectivity index (χ3v) is 14.0. The fourth-order valence-corrected chi connectivity index (χ4v) is 9.14. The highest BCUT2D eigenvalue weighted by Gasteiger charge is 2.19. The molecule has 0 aromatic heterocycles. The maximum atomic E-state index is 12.9. The maximum absolute atomic E-state index is 12.9. The molecule has 0 rings (SSSR count). The van der Waals surface area contributed by atoms with Crippen molar-refractivity contribution in [2.45, 2.75) is 337 Å². The Bertz CT molecular complexity index is 1020. The van der Waals surface area contributed by atoms with Gasteiger partial charge in [-0.05, 0) is 37.0 Å². The molecule has 0 aliphatic heterocycles. The number of unbranched alkanes of at least 4 members (excludes halogenated alkanes) is 35. The lowest BCUT2D eigenvalue weighted by Gasteiger charge is -2.18. The van der Waals surface area contributed by atoms with E-state index in [-0.39, 0.29) is 31.1 Å². The van der Waals surface area contributed by atoms with Crippen LogP contribution in [0.1, 0.15) is 330 Å². The molecule has 0 fully saturated rings. The highest BCUT2D eigenvalue weighted by Crippen LogP contribution is 2.19. The summed E-state index contributed by atoms with van der Waals surface area (Å²) >= 11 is 0. The molecule has 0 aromatic carbocycles. The van der Waals surface area contributed by atoms with Crippen LogP contribution in [-0.4, -0.2) is 37.2 Å². The summed E-state index contributed by atoms with van der Waals surface area (Å²) in [6.45, 7) is 13.8. The first-order valence-corrected chi connectivity index (χ1v) is 29.6. The van der Waals surface area contributed by atoms with Gasteiger partial charge in [0.25, 0.3) is 0 Å². The molecule has 0 N–H and O–H groups in total. The van der Waals surface area contributed by atoms with E-state index < -0.39 is 6.10 Å². The zero-order valence-corrected chi connectivity index (χ0v) is 45.5. The van der Waals surface area contributed by atoms with Gasteiger partial charge in [0.1, 0.15) is 13.2 Å². The summed E-state index contributed by atoms with van der Waals surface area (Å²) in [5.41, 5.74) is 0. The van der Waals surface area contributed by atoms with Gasteiger partial charge in [0.15, 0.2) is 6.10 Å². The van der Waals surface area contributed by atoms with Crippen LogP contribution >= 0.6 is 0 Å². The summed E-state index contributed by atoms with van der Waals surface area (Å²) in [6, 6.07) is 0. The monoisotopic (exact) mass is 933 g/mol. The van der Waals surface area contributed by atoms with Gasteiger partial charge < -0.3 is 14.2 Å². The second-order valence-corrected chi connectivity index (χ2v) is 21.8. The Morgan fingerprint density at radius 1 is 0.303 bits per heavy atom. The molecule has 0 aliphatic rings. The van der Waals surface area contributed by atoms with Gasteiger partial charge in [0, 0.05) is 19.3 Å². The highest BCUT2D eigenvalue weighted by atomic mass is 16.6. The van der Waals surface area contributed by atoms with Crippen LogP contribution < -0.4 is 0 Å². The van der Waals surface area contributed by atoms with Crippen molar-refractivity contribution in [2.75, 3.05) is 13.2 Å². The van der Waals surface area contributed by atoms with E-state index in [2.05, 4.69) is 41.5 Å². The van der Waals surface area contributed by atoms with Crippen LogP contribution in [0.3, 0.4) is 0 Å². The van der Waals surface area contributed by atoms with Crippen LogP contribution in [0.5, 0.6) is 0 Å². The highest BCUT2D eigenvalue weighted by molar-refractivity contribution is 5.71. The molecule has 0 saturated heterocycles. The lowest BCUT2D eigenvalue weighted by atomic mass is 9.99. The first kappa shape index (κ1) is 64.4. The number of hydrogen-bond acceptors (Lipinski definition) is 6. The quantitative estimate of drug-likeness (QED) is 0.0343. The van der Waals surface area contributed by atoms with E-state index in [1.807, 2.05) is 0 Å². The van der Waals surface area contributed by atoms with Crippen molar-refractivity contribution in [2.24, 2.45) is 17.8 Å². The normalized spacial score (nSPS) is 12.5. The van der Waals surface area contributed by atoms with E-state index in [1.54, 1.807) is 0 Å². The van der Waals surface area contributed by atoms with E-state index >= 15 is 0 Å². The van der Waals surface area contributed by atoms with Crippen LogP contribution in [0.25, 0.3) is 0 Å². The van der Waals surface area contributed by atoms with E-state index in [0.29, 0.717) is 19.3 Å². The minimum Gasteiger partial charge on any atom is -0.462 e. The van der Waals surface area contributed by atoms with E-state index in [4.69, 9.17) is 14.2 Å². The third kappa shape index (κ3) is 51.8. The van der Waals surface area contributed by atoms with Crippen molar-refractivity contribution in [1.29, 1.82) is 0 Å². The molecule has 66 heavy (non-hydrogen) atoms. The largest absolute Gasteiger partial charge is 0.462 e. The predicted molar refractivity (Wildman–Crippen MR) is 284 cm³/mol. The molecule has 2 atom stereocenters. The summed E-state index contributed by atoms with van der Waals surface area (Å²) in [4.78, 5) is 38.2. The van der Waals surface area contributed by atoms with Crippen molar-refractivity contribution in [3.63, 3.8) is 0 Å². The Hall–Kier alpha value is -1.59. The van der Waals surface area contributed by atoms with Gasteiger partial charge in [-0.25, -0.2) is 0 Å². The van der Waals surface area contributed by atoms with Crippen LogP contribution in [0, 0.1) is 17.8 Å². The fourth-order valence-electron chi connectivity index (χ4n) is 9.14. The van der Waals surface area contributed by atoms with Crippen molar-refractivity contribution < 1.29 is 28.6 Å². The molecule has 0 aliphatic carbocycles. The second kappa shape index (κ2) is 51.3. The molecule has 6 heteroatoms. The molecular weight excluding hydrogens is 817 g/mol. The minimum atomic E-state index is -0.764. The number of hydrogen-bond donors (Lipinski definition) is 0. The number of esters is 3. The lowest BCUT2D eigenvalue weighted by Crippen LogP contribution is -2.30. The molecule has 0 heterocycles. The first-order chi connectivity index (χ1) is 32.1. The number of carbonyl (C=O) groups is 3. The summed E-state index contributed by atoms with van der Waals surface area (Å²) in [6.07, 6.45) is 53.7. The van der Waals surface area contributed by atoms with Crippen molar-refractivity contribution in [3.8, 4) is 0 Å². The molecule has 0 radical (unpaired) electrons. The van der Waals surface area contributed by atoms with Gasteiger partial charge in [-0.15, -0.1) is 0 Å². The third-order valence-electron chi connectivity index (χ3n) is 14.0. The average Bonchev–Trinajstić information content (AvgIpc) is 3.29. The Balaban J connectivity index is 4.30. The standard InChI is InChI=1S/C60H116O6/c1-7-56(6)48-42-36-30-24-20-21-26-32-38-44-50-59(62)65-53-57(66-60(63)51-45-39-33-27-19-15-11-13-17-23-29-35-41-47-55(4)5)52-64-58(61)49-43-37-31-25-18-14-10-8-9-12-16-22-28-34-40-46-54(2)3/h54-57H,7-53H2,1-6H3/t56?,57-/m1/s1. The molecule has 392 valence electrons. The number of carbonyl (C=O) groups excluding carboxylic acids is 3. The molecule has 6 nitrogen and oxygen atoms in total. The molecule has 0 saturated carbocycles. The summed E-state index contributed by atoms with van der Waals surface area (Å²) in [5, 5.41) is 0. The lowest BCUT2D eigenvalue weighted by molar-refractivity contribution is -0.167. The first-order valence-electron chi connectivity index (χ1n) is 29.6. The zero-order valence-electron chi connectivity index (χ0n) is 45.5. The Labute approximate surface area is 412 Å². The number of rotatable bonds is 53. The van der Waals surface area contributed by atoms with Gasteiger partial charge in [0.05, 0.1) is 0 Å². The fraction of sp³-hybridized carbons (Fsp3) is 0.950.